The van der Waals surface area contributed by atoms with E-state index in [9.17, 15) is 9.59 Å². The van der Waals surface area contributed by atoms with E-state index >= 15 is 0 Å². The SMILES string of the molecule is CC(c1ccc(Cl)cc1)N(C)C(=O)N1CSC[C@H]1C(=O)O. The maximum atomic E-state index is 12.5. The molecule has 1 N–H and O–H groups in total. The van der Waals surface area contributed by atoms with E-state index in [2.05, 4.69) is 0 Å². The molecule has 0 radical (unpaired) electrons. The van der Waals surface area contributed by atoms with Crippen LogP contribution in [-0.2, 0) is 4.79 Å². The highest BCUT2D eigenvalue weighted by Crippen LogP contribution is 2.26. The van der Waals surface area contributed by atoms with Gasteiger partial charge in [-0.25, -0.2) is 9.59 Å². The van der Waals surface area contributed by atoms with E-state index in [1.54, 1.807) is 24.1 Å². The molecule has 5 nitrogen and oxygen atoms in total. The van der Waals surface area contributed by atoms with E-state index in [-0.39, 0.29) is 12.1 Å². The summed E-state index contributed by atoms with van der Waals surface area (Å²) in [4.78, 5) is 26.6. The van der Waals surface area contributed by atoms with Gasteiger partial charge in [0.05, 0.1) is 11.9 Å². The summed E-state index contributed by atoms with van der Waals surface area (Å²) in [5.41, 5.74) is 0.953. The number of hydrogen-bond acceptors (Lipinski definition) is 3. The van der Waals surface area contributed by atoms with Crippen molar-refractivity contribution in [1.29, 1.82) is 0 Å². The highest BCUT2D eigenvalue weighted by molar-refractivity contribution is 7.99. The minimum absolute atomic E-state index is 0.158. The quantitative estimate of drug-likeness (QED) is 0.926. The third-order valence-corrected chi connectivity index (χ3v) is 4.91. The van der Waals surface area contributed by atoms with Gasteiger partial charge in [-0.15, -0.1) is 11.8 Å². The number of amides is 2. The van der Waals surface area contributed by atoms with Crippen LogP contribution in [0.3, 0.4) is 0 Å². The van der Waals surface area contributed by atoms with Gasteiger partial charge in [-0.05, 0) is 24.6 Å². The first-order chi connectivity index (χ1) is 9.91. The van der Waals surface area contributed by atoms with Gasteiger partial charge in [0.2, 0.25) is 0 Å². The van der Waals surface area contributed by atoms with Crippen molar-refractivity contribution in [3.05, 3.63) is 34.9 Å². The maximum Gasteiger partial charge on any atom is 0.327 e. The highest BCUT2D eigenvalue weighted by atomic mass is 35.5. The van der Waals surface area contributed by atoms with E-state index in [1.165, 1.54) is 16.7 Å². The Labute approximate surface area is 132 Å². The number of thioether (sulfide) groups is 1. The Bertz CT molecular complexity index is 538. The second-order valence-corrected chi connectivity index (χ2v) is 6.38. The Morgan fingerprint density at radius 1 is 1.43 bits per heavy atom. The van der Waals surface area contributed by atoms with Gasteiger partial charge in [0.1, 0.15) is 6.04 Å². The zero-order valence-electron chi connectivity index (χ0n) is 11.8. The second kappa shape index (κ2) is 6.58. The van der Waals surface area contributed by atoms with Crippen LogP contribution in [0.4, 0.5) is 4.79 Å². The first-order valence-corrected chi connectivity index (χ1v) is 8.04. The number of carboxylic acid groups (broad SMARTS) is 1. The molecule has 1 aromatic rings. The number of benzene rings is 1. The van der Waals surface area contributed by atoms with Crippen molar-refractivity contribution in [2.75, 3.05) is 18.7 Å². The summed E-state index contributed by atoms with van der Waals surface area (Å²) >= 11 is 7.31. The molecule has 0 spiro atoms. The molecule has 0 aromatic heterocycles. The van der Waals surface area contributed by atoms with Gasteiger partial charge in [-0.2, -0.15) is 0 Å². The van der Waals surface area contributed by atoms with Crippen LogP contribution in [0, 0.1) is 0 Å². The lowest BCUT2D eigenvalue weighted by atomic mass is 10.1. The molecule has 114 valence electrons. The van der Waals surface area contributed by atoms with E-state index in [4.69, 9.17) is 16.7 Å². The first kappa shape index (κ1) is 16.0. The summed E-state index contributed by atoms with van der Waals surface area (Å²) in [6.07, 6.45) is 0. The van der Waals surface area contributed by atoms with Crippen molar-refractivity contribution in [2.24, 2.45) is 0 Å². The molecule has 21 heavy (non-hydrogen) atoms. The normalized spacial score (nSPS) is 19.4. The summed E-state index contributed by atoms with van der Waals surface area (Å²) in [5, 5.41) is 9.80. The molecule has 1 aromatic carbocycles. The predicted octanol–water partition coefficient (Wildman–Crippen LogP) is 2.91. The van der Waals surface area contributed by atoms with Gasteiger partial charge in [0.15, 0.2) is 0 Å². The van der Waals surface area contributed by atoms with Crippen LogP contribution in [0.1, 0.15) is 18.5 Å². The first-order valence-electron chi connectivity index (χ1n) is 6.51. The van der Waals surface area contributed by atoms with Gasteiger partial charge in [-0.1, -0.05) is 23.7 Å². The van der Waals surface area contributed by atoms with E-state index in [1.807, 2.05) is 19.1 Å². The number of carbonyl (C=O) groups excluding carboxylic acids is 1. The Balaban J connectivity index is 2.11. The summed E-state index contributed by atoms with van der Waals surface area (Å²) in [6.45, 7) is 1.90. The lowest BCUT2D eigenvalue weighted by Gasteiger charge is -2.31. The number of halogens is 1. The van der Waals surface area contributed by atoms with Gasteiger partial charge >= 0.3 is 12.0 Å². The van der Waals surface area contributed by atoms with Crippen molar-refractivity contribution in [3.63, 3.8) is 0 Å². The van der Waals surface area contributed by atoms with Crippen LogP contribution < -0.4 is 0 Å². The topological polar surface area (TPSA) is 60.9 Å². The molecule has 2 atom stereocenters. The molecule has 1 aliphatic rings. The van der Waals surface area contributed by atoms with Crippen LogP contribution in [-0.4, -0.2) is 51.6 Å². The van der Waals surface area contributed by atoms with Crippen molar-refractivity contribution in [3.8, 4) is 0 Å². The third-order valence-electron chi connectivity index (χ3n) is 3.65. The molecule has 0 aliphatic carbocycles. The zero-order valence-corrected chi connectivity index (χ0v) is 13.4. The molecule has 1 unspecified atom stereocenters. The monoisotopic (exact) mass is 328 g/mol. The number of carboxylic acids is 1. The Morgan fingerprint density at radius 2 is 2.05 bits per heavy atom. The fourth-order valence-electron chi connectivity index (χ4n) is 2.17. The van der Waals surface area contributed by atoms with Gasteiger partial charge in [0.25, 0.3) is 0 Å². The largest absolute Gasteiger partial charge is 0.480 e. The molecule has 2 amide bonds. The highest BCUT2D eigenvalue weighted by Gasteiger charge is 2.37. The summed E-state index contributed by atoms with van der Waals surface area (Å²) in [7, 11) is 1.68. The Hall–Kier alpha value is -1.40. The molecule has 1 aliphatic heterocycles. The predicted molar refractivity (Wildman–Crippen MR) is 83.6 cm³/mol. The standard InChI is InChI=1S/C14H17ClN2O3S/c1-9(10-3-5-11(15)6-4-10)16(2)14(20)17-8-21-7-12(17)13(18)19/h3-6,9,12H,7-8H2,1-2H3,(H,18,19)/t9?,12-/m0/s1. The van der Waals surface area contributed by atoms with Crippen LogP contribution in [0.2, 0.25) is 5.02 Å². The molecule has 7 heteroatoms. The summed E-state index contributed by atoms with van der Waals surface area (Å²) < 4.78 is 0. The van der Waals surface area contributed by atoms with Gasteiger partial charge in [-0.3, -0.25) is 0 Å². The lowest BCUT2D eigenvalue weighted by Crippen LogP contribution is -2.48. The zero-order chi connectivity index (χ0) is 15.6. The number of nitrogens with zero attached hydrogens (tertiary/aromatic N) is 2. The molecule has 0 saturated carbocycles. The maximum absolute atomic E-state index is 12.5. The number of aliphatic carboxylic acids is 1. The number of rotatable bonds is 3. The van der Waals surface area contributed by atoms with Crippen LogP contribution in [0.15, 0.2) is 24.3 Å². The fourth-order valence-corrected chi connectivity index (χ4v) is 3.43. The third kappa shape index (κ3) is 3.44. The smallest absolute Gasteiger partial charge is 0.327 e. The molecule has 1 saturated heterocycles. The minimum Gasteiger partial charge on any atom is -0.480 e. The van der Waals surface area contributed by atoms with Gasteiger partial charge in [0, 0.05) is 17.8 Å². The second-order valence-electron chi connectivity index (χ2n) is 4.94. The number of urea groups is 1. The Kier molecular flexibility index (Phi) is 5.00. The lowest BCUT2D eigenvalue weighted by molar-refractivity contribution is -0.140. The van der Waals surface area contributed by atoms with Crippen molar-refractivity contribution >= 4 is 35.4 Å². The molecule has 1 heterocycles. The summed E-state index contributed by atoms with van der Waals surface area (Å²) in [5.74, 6) is -0.113. The molecule has 1 fully saturated rings. The Morgan fingerprint density at radius 3 is 2.62 bits per heavy atom. The average molecular weight is 329 g/mol. The van der Waals surface area contributed by atoms with Crippen LogP contribution in [0.25, 0.3) is 0 Å². The van der Waals surface area contributed by atoms with E-state index < -0.39 is 12.0 Å². The van der Waals surface area contributed by atoms with E-state index in [0.29, 0.717) is 16.7 Å². The van der Waals surface area contributed by atoms with Crippen LogP contribution >= 0.6 is 23.4 Å². The van der Waals surface area contributed by atoms with Crippen molar-refractivity contribution < 1.29 is 14.7 Å². The van der Waals surface area contributed by atoms with Crippen molar-refractivity contribution in [2.45, 2.75) is 19.0 Å². The molecule has 2 rings (SSSR count). The number of hydrogen-bond donors (Lipinski definition) is 1. The van der Waals surface area contributed by atoms with Gasteiger partial charge < -0.3 is 14.9 Å². The molecule has 0 bridgehead atoms. The van der Waals surface area contributed by atoms with Crippen molar-refractivity contribution in [1.82, 2.24) is 9.80 Å². The van der Waals surface area contributed by atoms with Crippen LogP contribution in [0.5, 0.6) is 0 Å². The molecular weight excluding hydrogens is 312 g/mol. The molecular formula is C14H17ClN2O3S. The average Bonchev–Trinajstić information content (AvgIpc) is 2.95. The number of carbonyl (C=O) groups is 2. The fraction of sp³-hybridized carbons (Fsp3) is 0.429. The summed E-state index contributed by atoms with van der Waals surface area (Å²) in [6, 6.07) is 6.11. The minimum atomic E-state index is -0.958. The van der Waals surface area contributed by atoms with E-state index in [0.717, 1.165) is 5.56 Å².